The van der Waals surface area contributed by atoms with E-state index in [2.05, 4.69) is 15.1 Å². The van der Waals surface area contributed by atoms with Gasteiger partial charge in [0.2, 0.25) is 5.88 Å². The van der Waals surface area contributed by atoms with E-state index >= 15 is 0 Å². The van der Waals surface area contributed by atoms with E-state index in [4.69, 9.17) is 16.3 Å². The van der Waals surface area contributed by atoms with Crippen molar-refractivity contribution in [1.29, 1.82) is 0 Å². The Kier molecular flexibility index (Phi) is 7.49. The third-order valence-electron chi connectivity index (χ3n) is 3.59. The van der Waals surface area contributed by atoms with Crippen LogP contribution in [0.4, 0.5) is 4.39 Å². The summed E-state index contributed by atoms with van der Waals surface area (Å²) < 4.78 is 20.2. The third kappa shape index (κ3) is 4.92. The van der Waals surface area contributed by atoms with Crippen molar-refractivity contribution in [3.05, 3.63) is 65.0 Å². The largest absolute Gasteiger partial charge is 0.481 e. The zero-order valence-corrected chi connectivity index (χ0v) is 16.5. The summed E-state index contributed by atoms with van der Waals surface area (Å²) in [6.45, 7) is 5.81. The first-order valence-corrected chi connectivity index (χ1v) is 9.03. The van der Waals surface area contributed by atoms with Crippen LogP contribution in [0.3, 0.4) is 0 Å². The van der Waals surface area contributed by atoms with Crippen molar-refractivity contribution in [3.63, 3.8) is 0 Å². The number of hydrogen-bond acceptors (Lipinski definition) is 4. The molecule has 0 amide bonds. The maximum atomic E-state index is 13.2. The fourth-order valence-electron chi connectivity index (χ4n) is 2.48. The lowest BCUT2D eigenvalue weighted by molar-refractivity contribution is 0.287. The number of aromatic nitrogens is 3. The van der Waals surface area contributed by atoms with Crippen LogP contribution in [-0.2, 0) is 11.2 Å². The third-order valence-corrected chi connectivity index (χ3v) is 3.79. The van der Waals surface area contributed by atoms with Gasteiger partial charge in [-0.1, -0.05) is 25.4 Å². The molecule has 0 saturated heterocycles. The Balaban J connectivity index is 0.00000126. The molecule has 5 nitrogen and oxygen atoms in total. The monoisotopic (exact) mass is 388 g/mol. The fourth-order valence-corrected chi connectivity index (χ4v) is 2.62. The quantitative estimate of drug-likeness (QED) is 0.438. The van der Waals surface area contributed by atoms with Crippen LogP contribution in [0.2, 0.25) is 5.15 Å². The smallest absolute Gasteiger partial charge is 0.208 e. The number of ether oxygens (including phenoxy) is 1. The molecule has 0 atom stereocenters. The van der Waals surface area contributed by atoms with Gasteiger partial charge in [0, 0.05) is 18.2 Å². The Morgan fingerprint density at radius 2 is 1.93 bits per heavy atom. The highest BCUT2D eigenvalue weighted by Gasteiger charge is 2.15. The minimum Gasteiger partial charge on any atom is -0.481 e. The number of benzene rings is 1. The fraction of sp³-hybridized carbons (Fsp3) is 0.250. The van der Waals surface area contributed by atoms with Crippen molar-refractivity contribution in [2.45, 2.75) is 27.2 Å². The van der Waals surface area contributed by atoms with Crippen molar-refractivity contribution in [2.24, 2.45) is 4.99 Å². The Bertz CT molecular complexity index is 949. The molecule has 0 N–H and O–H groups in total. The Morgan fingerprint density at radius 3 is 2.56 bits per heavy atom. The first kappa shape index (κ1) is 20.6. The molecule has 7 heteroatoms. The molecule has 0 aliphatic rings. The summed E-state index contributed by atoms with van der Waals surface area (Å²) >= 11 is 6.03. The molecule has 0 aliphatic heterocycles. The van der Waals surface area contributed by atoms with Crippen molar-refractivity contribution in [3.8, 4) is 11.3 Å². The molecular weight excluding hydrogens is 367 g/mol. The van der Waals surface area contributed by atoms with E-state index in [0.717, 1.165) is 11.3 Å². The zero-order valence-electron chi connectivity index (χ0n) is 15.8. The van der Waals surface area contributed by atoms with Crippen molar-refractivity contribution in [1.82, 2.24) is 14.6 Å². The van der Waals surface area contributed by atoms with Crippen LogP contribution in [0.15, 0.2) is 53.3 Å². The predicted octanol–water partition coefficient (Wildman–Crippen LogP) is 5.34. The topological polar surface area (TPSA) is 51.8 Å². The van der Waals surface area contributed by atoms with Gasteiger partial charge in [-0.2, -0.15) is 5.10 Å². The van der Waals surface area contributed by atoms with Crippen LogP contribution in [0.25, 0.3) is 16.9 Å². The highest BCUT2D eigenvalue weighted by molar-refractivity contribution is 6.29. The molecule has 0 radical (unpaired) electrons. The first-order valence-electron chi connectivity index (χ1n) is 8.65. The van der Waals surface area contributed by atoms with Crippen LogP contribution in [-0.4, -0.2) is 27.9 Å². The van der Waals surface area contributed by atoms with Gasteiger partial charge in [0.05, 0.1) is 18.5 Å². The van der Waals surface area contributed by atoms with Gasteiger partial charge < -0.3 is 4.74 Å². The SMILES string of the molecule is C/C=N\C(=C/Cc1c(-c2ccc(F)cc2)nc2ccc(Cl)nn12)OC.CC. The molecule has 3 aromatic rings. The number of nitrogens with zero attached hydrogens (tertiary/aromatic N) is 4. The molecule has 142 valence electrons. The van der Waals surface area contributed by atoms with Gasteiger partial charge in [-0.3, -0.25) is 0 Å². The summed E-state index contributed by atoms with van der Waals surface area (Å²) in [5.74, 6) is 0.193. The summed E-state index contributed by atoms with van der Waals surface area (Å²) in [6, 6.07) is 9.65. The molecule has 2 aromatic heterocycles. The molecule has 27 heavy (non-hydrogen) atoms. The summed E-state index contributed by atoms with van der Waals surface area (Å²) in [5.41, 5.74) is 2.97. The number of hydrogen-bond donors (Lipinski definition) is 0. The molecular formula is C20H22ClFN4O. The molecule has 0 fully saturated rings. The van der Waals surface area contributed by atoms with E-state index in [9.17, 15) is 4.39 Å². The predicted molar refractivity (Wildman–Crippen MR) is 108 cm³/mol. The molecule has 0 bridgehead atoms. The van der Waals surface area contributed by atoms with Crippen molar-refractivity contribution >= 4 is 23.5 Å². The van der Waals surface area contributed by atoms with E-state index < -0.39 is 0 Å². The number of imidazole rings is 1. The lowest BCUT2D eigenvalue weighted by atomic mass is 10.1. The number of methoxy groups -OCH3 is 1. The van der Waals surface area contributed by atoms with Crippen molar-refractivity contribution < 1.29 is 9.13 Å². The van der Waals surface area contributed by atoms with Gasteiger partial charge >= 0.3 is 0 Å². The van der Waals surface area contributed by atoms with E-state index in [1.54, 1.807) is 42.1 Å². The number of allylic oxidation sites excluding steroid dienone is 1. The second-order valence-corrected chi connectivity index (χ2v) is 5.57. The number of rotatable bonds is 5. The van der Waals surface area contributed by atoms with Gasteiger partial charge in [0.1, 0.15) is 11.0 Å². The summed E-state index contributed by atoms with van der Waals surface area (Å²) in [5, 5.41) is 4.69. The van der Waals surface area contributed by atoms with Gasteiger partial charge in [-0.25, -0.2) is 18.9 Å². The van der Waals surface area contributed by atoms with E-state index in [1.165, 1.54) is 12.1 Å². The van der Waals surface area contributed by atoms with Gasteiger partial charge in [-0.15, -0.1) is 0 Å². The van der Waals surface area contributed by atoms with E-state index in [-0.39, 0.29) is 5.82 Å². The Hall–Kier alpha value is -2.73. The molecule has 0 spiro atoms. The summed E-state index contributed by atoms with van der Waals surface area (Å²) in [7, 11) is 1.56. The standard InChI is InChI=1S/C18H16ClFN4O.C2H6/c1-3-21-17(25-2)11-8-14-18(12-4-6-13(20)7-5-12)22-16-10-9-15(19)23-24(14)16;1-2/h3-7,9-11H,8H2,1-2H3;1-2H3/b17-11+,21-3-;. The minimum atomic E-state index is -0.297. The van der Waals surface area contributed by atoms with Crippen LogP contribution in [0, 0.1) is 5.82 Å². The molecule has 0 saturated carbocycles. The number of halogens is 2. The Labute approximate surface area is 163 Å². The van der Waals surface area contributed by atoms with Crippen LogP contribution < -0.4 is 0 Å². The highest BCUT2D eigenvalue weighted by atomic mass is 35.5. The van der Waals surface area contributed by atoms with Gasteiger partial charge in [0.25, 0.3) is 0 Å². The Morgan fingerprint density at radius 1 is 1.22 bits per heavy atom. The molecule has 3 rings (SSSR count). The summed E-state index contributed by atoms with van der Waals surface area (Å²) in [4.78, 5) is 8.76. The number of fused-ring (bicyclic) bond motifs is 1. The van der Waals surface area contributed by atoms with Crippen LogP contribution >= 0.6 is 11.6 Å². The normalized spacial score (nSPS) is 11.6. The maximum Gasteiger partial charge on any atom is 0.208 e. The molecule has 0 aliphatic carbocycles. The van der Waals surface area contributed by atoms with Crippen molar-refractivity contribution in [2.75, 3.05) is 7.11 Å². The van der Waals surface area contributed by atoms with Crippen LogP contribution in [0.5, 0.6) is 0 Å². The second-order valence-electron chi connectivity index (χ2n) is 5.18. The zero-order chi connectivity index (χ0) is 19.8. The maximum absolute atomic E-state index is 13.2. The average Bonchev–Trinajstić information content (AvgIpc) is 3.05. The average molecular weight is 389 g/mol. The molecule has 2 heterocycles. The molecule has 1 aromatic carbocycles. The minimum absolute atomic E-state index is 0.297. The number of aliphatic imine (C=N–C) groups is 1. The van der Waals surface area contributed by atoms with Crippen LogP contribution in [0.1, 0.15) is 26.5 Å². The van der Waals surface area contributed by atoms with E-state index in [0.29, 0.717) is 28.8 Å². The molecule has 0 unspecified atom stereocenters. The summed E-state index contributed by atoms with van der Waals surface area (Å²) in [6.07, 6.45) is 3.96. The first-order chi connectivity index (χ1) is 13.1. The lowest BCUT2D eigenvalue weighted by Crippen LogP contribution is -1.99. The van der Waals surface area contributed by atoms with E-state index in [1.807, 2.05) is 26.8 Å². The lowest BCUT2D eigenvalue weighted by Gasteiger charge is -2.04. The van der Waals surface area contributed by atoms with Gasteiger partial charge in [-0.05, 0) is 49.4 Å². The van der Waals surface area contributed by atoms with Gasteiger partial charge in [0.15, 0.2) is 5.65 Å². The second kappa shape index (κ2) is 9.83. The highest BCUT2D eigenvalue weighted by Crippen LogP contribution is 2.26.